The lowest BCUT2D eigenvalue weighted by molar-refractivity contribution is -0.131. The molecule has 0 saturated heterocycles. The fourth-order valence-corrected chi connectivity index (χ4v) is 2.27. The maximum atomic E-state index is 12.2. The molecule has 1 saturated carbocycles. The number of carboxylic acids is 1. The van der Waals surface area contributed by atoms with E-state index in [1.54, 1.807) is 13.2 Å². The van der Waals surface area contributed by atoms with Gasteiger partial charge in [-0.25, -0.2) is 4.79 Å². The van der Waals surface area contributed by atoms with E-state index in [4.69, 9.17) is 9.84 Å². The van der Waals surface area contributed by atoms with Crippen LogP contribution >= 0.6 is 0 Å². The number of methoxy groups -OCH3 is 1. The minimum atomic E-state index is -1.07. The van der Waals surface area contributed by atoms with E-state index >= 15 is 0 Å². The van der Waals surface area contributed by atoms with Crippen LogP contribution in [-0.4, -0.2) is 41.2 Å². The Hall–Kier alpha value is -2.21. The predicted octanol–water partition coefficient (Wildman–Crippen LogP) is 1.48. The van der Waals surface area contributed by atoms with Gasteiger partial charge in [0, 0.05) is 43.3 Å². The van der Waals surface area contributed by atoms with Gasteiger partial charge in [0.2, 0.25) is 0 Å². The molecule has 1 fully saturated rings. The Labute approximate surface area is 122 Å². The molecule has 21 heavy (non-hydrogen) atoms. The highest BCUT2D eigenvalue weighted by molar-refractivity contribution is 5.98. The second-order valence-corrected chi connectivity index (χ2v) is 5.06. The number of rotatable bonds is 6. The van der Waals surface area contributed by atoms with Crippen molar-refractivity contribution in [2.24, 2.45) is 0 Å². The maximum absolute atomic E-state index is 12.2. The monoisotopic (exact) mass is 290 g/mol. The van der Waals surface area contributed by atoms with E-state index in [0.29, 0.717) is 17.7 Å². The molecule has 1 aromatic heterocycles. The molecule has 1 heterocycles. The highest BCUT2D eigenvalue weighted by Gasteiger charge is 2.37. The zero-order valence-corrected chi connectivity index (χ0v) is 11.8. The number of amides is 1. The molecule has 1 aliphatic rings. The molecule has 6 heteroatoms. The summed E-state index contributed by atoms with van der Waals surface area (Å²) in [6, 6.07) is 1.57. The Kier molecular flexibility index (Phi) is 4.70. The van der Waals surface area contributed by atoms with Gasteiger partial charge in [0.1, 0.15) is 0 Å². The molecule has 1 amide bonds. The summed E-state index contributed by atoms with van der Waals surface area (Å²) < 4.78 is 5.45. The van der Waals surface area contributed by atoms with Crippen molar-refractivity contribution in [3.8, 4) is 0 Å². The number of nitrogens with zero attached hydrogens (tertiary/aromatic N) is 1. The second-order valence-electron chi connectivity index (χ2n) is 5.06. The van der Waals surface area contributed by atoms with E-state index in [-0.39, 0.29) is 11.5 Å². The third-order valence-electron chi connectivity index (χ3n) is 3.77. The minimum absolute atomic E-state index is 0.250. The lowest BCUT2D eigenvalue weighted by Crippen LogP contribution is -2.49. The van der Waals surface area contributed by atoms with E-state index in [9.17, 15) is 9.59 Å². The summed E-state index contributed by atoms with van der Waals surface area (Å²) in [5.74, 6) is -1.33. The Morgan fingerprint density at radius 2 is 2.29 bits per heavy atom. The minimum Gasteiger partial charge on any atom is -0.478 e. The molecule has 112 valence electrons. The quantitative estimate of drug-likeness (QED) is 0.775. The molecule has 0 unspecified atom stereocenters. The van der Waals surface area contributed by atoms with Crippen molar-refractivity contribution in [2.45, 2.75) is 24.9 Å². The van der Waals surface area contributed by atoms with Crippen LogP contribution in [0.5, 0.6) is 0 Å². The van der Waals surface area contributed by atoms with Gasteiger partial charge in [-0.2, -0.15) is 0 Å². The van der Waals surface area contributed by atoms with Crippen LogP contribution in [0.3, 0.4) is 0 Å². The summed E-state index contributed by atoms with van der Waals surface area (Å²) >= 11 is 0. The standard InChI is InChI=1S/C15H18N2O4/c1-21-15(6-2-7-15)10-17-14(20)12-5-8-16-9-11(12)3-4-13(18)19/h3-5,8-9H,2,6-7,10H2,1H3,(H,17,20)(H,18,19)/b4-3+. The molecule has 0 aromatic carbocycles. The number of carbonyl (C=O) groups excluding carboxylic acids is 1. The first-order valence-corrected chi connectivity index (χ1v) is 6.75. The molecular formula is C15H18N2O4. The number of carboxylic acid groups (broad SMARTS) is 1. The first-order valence-electron chi connectivity index (χ1n) is 6.75. The summed E-state index contributed by atoms with van der Waals surface area (Å²) in [7, 11) is 1.65. The topological polar surface area (TPSA) is 88.5 Å². The SMILES string of the molecule is COC1(CNC(=O)c2ccncc2/C=C/C(=O)O)CCC1. The number of hydrogen-bond acceptors (Lipinski definition) is 4. The van der Waals surface area contributed by atoms with Crippen molar-refractivity contribution in [3.05, 3.63) is 35.7 Å². The van der Waals surface area contributed by atoms with E-state index < -0.39 is 5.97 Å². The Balaban J connectivity index is 2.07. The number of aliphatic carboxylic acids is 1. The molecule has 0 bridgehead atoms. The van der Waals surface area contributed by atoms with Crippen molar-refractivity contribution >= 4 is 18.0 Å². The summed E-state index contributed by atoms with van der Waals surface area (Å²) in [4.78, 5) is 26.7. The van der Waals surface area contributed by atoms with Crippen LogP contribution in [0.2, 0.25) is 0 Å². The molecule has 0 spiro atoms. The van der Waals surface area contributed by atoms with Crippen molar-refractivity contribution < 1.29 is 19.4 Å². The molecule has 0 radical (unpaired) electrons. The van der Waals surface area contributed by atoms with Gasteiger partial charge >= 0.3 is 5.97 Å². The van der Waals surface area contributed by atoms with E-state index in [1.165, 1.54) is 18.5 Å². The molecule has 0 atom stereocenters. The first-order chi connectivity index (χ1) is 10.1. The average Bonchev–Trinajstić information content (AvgIpc) is 2.44. The van der Waals surface area contributed by atoms with Crippen molar-refractivity contribution in [2.75, 3.05) is 13.7 Å². The fourth-order valence-electron chi connectivity index (χ4n) is 2.27. The number of carbonyl (C=O) groups is 2. The van der Waals surface area contributed by atoms with E-state index in [1.807, 2.05) is 0 Å². The summed E-state index contributed by atoms with van der Waals surface area (Å²) in [6.45, 7) is 0.451. The van der Waals surface area contributed by atoms with Gasteiger partial charge in [0.05, 0.1) is 5.60 Å². The van der Waals surface area contributed by atoms with Gasteiger partial charge in [0.15, 0.2) is 0 Å². The molecule has 1 aromatic rings. The fraction of sp³-hybridized carbons (Fsp3) is 0.400. The number of aromatic nitrogens is 1. The third-order valence-corrected chi connectivity index (χ3v) is 3.77. The zero-order chi connectivity index (χ0) is 15.3. The lowest BCUT2D eigenvalue weighted by atomic mass is 9.80. The zero-order valence-electron chi connectivity index (χ0n) is 11.8. The Morgan fingerprint density at radius 1 is 1.52 bits per heavy atom. The lowest BCUT2D eigenvalue weighted by Gasteiger charge is -2.40. The van der Waals surface area contributed by atoms with E-state index in [0.717, 1.165) is 25.3 Å². The number of pyridine rings is 1. The van der Waals surface area contributed by atoms with Crippen LogP contribution in [0.4, 0.5) is 0 Å². The number of nitrogens with one attached hydrogen (secondary N) is 1. The van der Waals surface area contributed by atoms with Crippen LogP contribution in [-0.2, 0) is 9.53 Å². The van der Waals surface area contributed by atoms with Gasteiger partial charge in [-0.15, -0.1) is 0 Å². The smallest absolute Gasteiger partial charge is 0.328 e. The van der Waals surface area contributed by atoms with Gasteiger partial charge in [0.25, 0.3) is 5.91 Å². The van der Waals surface area contributed by atoms with E-state index in [2.05, 4.69) is 10.3 Å². The molecule has 2 N–H and O–H groups in total. The first kappa shape index (κ1) is 15.2. The second kappa shape index (κ2) is 6.49. The molecule has 1 aliphatic carbocycles. The number of ether oxygens (including phenoxy) is 1. The highest BCUT2D eigenvalue weighted by atomic mass is 16.5. The van der Waals surface area contributed by atoms with Gasteiger partial charge < -0.3 is 15.2 Å². The molecule has 2 rings (SSSR count). The van der Waals surface area contributed by atoms with Crippen molar-refractivity contribution in [1.29, 1.82) is 0 Å². The van der Waals surface area contributed by atoms with Crippen LogP contribution in [0.25, 0.3) is 6.08 Å². The van der Waals surface area contributed by atoms with Crippen LogP contribution < -0.4 is 5.32 Å². The maximum Gasteiger partial charge on any atom is 0.328 e. The van der Waals surface area contributed by atoms with Gasteiger partial charge in [-0.05, 0) is 31.4 Å². The van der Waals surface area contributed by atoms with Gasteiger partial charge in [-0.1, -0.05) is 0 Å². The molecule has 0 aliphatic heterocycles. The summed E-state index contributed by atoms with van der Waals surface area (Å²) in [5, 5.41) is 11.5. The number of hydrogen-bond donors (Lipinski definition) is 2. The van der Waals surface area contributed by atoms with Crippen molar-refractivity contribution in [1.82, 2.24) is 10.3 Å². The highest BCUT2D eigenvalue weighted by Crippen LogP contribution is 2.34. The Morgan fingerprint density at radius 3 is 2.86 bits per heavy atom. The van der Waals surface area contributed by atoms with Crippen LogP contribution in [0.15, 0.2) is 24.5 Å². The molecule has 6 nitrogen and oxygen atoms in total. The summed E-state index contributed by atoms with van der Waals surface area (Å²) in [6.07, 6.45) is 8.28. The normalized spacial score (nSPS) is 16.4. The average molecular weight is 290 g/mol. The van der Waals surface area contributed by atoms with Crippen LogP contribution in [0, 0.1) is 0 Å². The molecular weight excluding hydrogens is 272 g/mol. The third kappa shape index (κ3) is 3.66. The Bertz CT molecular complexity index is 559. The largest absolute Gasteiger partial charge is 0.478 e. The predicted molar refractivity (Wildman–Crippen MR) is 76.8 cm³/mol. The summed E-state index contributed by atoms with van der Waals surface area (Å²) in [5.41, 5.74) is 0.616. The van der Waals surface area contributed by atoms with Crippen LogP contribution in [0.1, 0.15) is 35.2 Å². The van der Waals surface area contributed by atoms with Gasteiger partial charge in [-0.3, -0.25) is 9.78 Å². The van der Waals surface area contributed by atoms with Crippen molar-refractivity contribution in [3.63, 3.8) is 0 Å².